The van der Waals surface area contributed by atoms with Crippen molar-refractivity contribution in [3.8, 4) is 11.4 Å². The Morgan fingerprint density at radius 2 is 1.74 bits per heavy atom. The monoisotopic (exact) mass is 319 g/mol. The highest BCUT2D eigenvalue weighted by Crippen LogP contribution is 2.38. The fourth-order valence-electron chi connectivity index (χ4n) is 1.36. The van der Waals surface area contributed by atoms with Gasteiger partial charge in [0.25, 0.3) is 5.91 Å². The van der Waals surface area contributed by atoms with Crippen molar-refractivity contribution in [2.24, 2.45) is 5.73 Å². The average molecular weight is 321 g/mol. The number of hydrogen-bond acceptors (Lipinski definition) is 3. The fraction of sp³-hybridized carbons (Fsp3) is 0. The summed E-state index contributed by atoms with van der Waals surface area (Å²) in [7, 11) is 0. The quantitative estimate of drug-likeness (QED) is 0.681. The molecule has 0 fully saturated rings. The topological polar surface area (TPSA) is 68.9 Å². The number of aromatic nitrogens is 2. The van der Waals surface area contributed by atoms with E-state index in [1.807, 2.05) is 0 Å². The molecule has 19 heavy (non-hydrogen) atoms. The first-order chi connectivity index (χ1) is 8.91. The number of hydrogen-bond donors (Lipinski definition) is 1. The summed E-state index contributed by atoms with van der Waals surface area (Å²) in [5.41, 5.74) is 5.06. The molecule has 0 bridgehead atoms. The highest BCUT2D eigenvalue weighted by molar-refractivity contribution is 6.49. The molecule has 1 aromatic heterocycles. The molecular weight excluding hydrogens is 315 g/mol. The molecule has 0 aliphatic rings. The van der Waals surface area contributed by atoms with E-state index in [-0.39, 0.29) is 32.0 Å². The van der Waals surface area contributed by atoms with Crippen LogP contribution in [0.2, 0.25) is 15.1 Å². The lowest BCUT2D eigenvalue weighted by Gasteiger charge is -2.07. The number of amides is 1. The largest absolute Gasteiger partial charge is 0.366 e. The Morgan fingerprint density at radius 3 is 2.26 bits per heavy atom. The number of nitrogens with two attached hydrogens (primary N) is 1. The minimum absolute atomic E-state index is 0.00214. The molecule has 2 N–H and O–H groups in total. The first-order valence-corrected chi connectivity index (χ1v) is 6.00. The van der Waals surface area contributed by atoms with Crippen molar-refractivity contribution in [2.45, 2.75) is 0 Å². The molecule has 0 unspecified atom stereocenters. The molecule has 0 saturated heterocycles. The van der Waals surface area contributed by atoms with Crippen LogP contribution in [0.1, 0.15) is 10.4 Å². The first kappa shape index (κ1) is 14.0. The van der Waals surface area contributed by atoms with E-state index in [9.17, 15) is 9.18 Å². The van der Waals surface area contributed by atoms with Crippen molar-refractivity contribution >= 4 is 40.7 Å². The predicted molar refractivity (Wildman–Crippen MR) is 71.0 cm³/mol. The van der Waals surface area contributed by atoms with Crippen LogP contribution in [0.3, 0.4) is 0 Å². The van der Waals surface area contributed by atoms with E-state index in [0.29, 0.717) is 0 Å². The molecule has 0 spiro atoms. The van der Waals surface area contributed by atoms with E-state index < -0.39 is 11.7 Å². The summed E-state index contributed by atoms with van der Waals surface area (Å²) in [6, 6.07) is 1.01. The molecular formula is C11H5Cl3FN3O. The van der Waals surface area contributed by atoms with Crippen LogP contribution >= 0.6 is 34.8 Å². The summed E-state index contributed by atoms with van der Waals surface area (Å²) in [5, 5.41) is -0.109. The third-order valence-corrected chi connectivity index (χ3v) is 3.54. The summed E-state index contributed by atoms with van der Waals surface area (Å²) in [6.07, 6.45) is 2.34. The van der Waals surface area contributed by atoms with E-state index >= 15 is 0 Å². The highest BCUT2D eigenvalue weighted by atomic mass is 35.5. The van der Waals surface area contributed by atoms with Gasteiger partial charge in [0.15, 0.2) is 5.82 Å². The standard InChI is InChI=1S/C11H5Cl3FN3O/c12-5-1-6(15)7(9(14)8(5)13)11-17-2-4(3-18-11)10(16)19/h1-3H,(H2,16,19). The molecule has 2 rings (SSSR count). The Morgan fingerprint density at radius 1 is 1.16 bits per heavy atom. The molecule has 0 aliphatic carbocycles. The summed E-state index contributed by atoms with van der Waals surface area (Å²) >= 11 is 17.4. The van der Waals surface area contributed by atoms with Crippen molar-refractivity contribution in [2.75, 3.05) is 0 Å². The van der Waals surface area contributed by atoms with E-state index in [0.717, 1.165) is 6.07 Å². The maximum Gasteiger partial charge on any atom is 0.251 e. The molecule has 0 aliphatic heterocycles. The average Bonchev–Trinajstić information content (AvgIpc) is 2.37. The highest BCUT2D eigenvalue weighted by Gasteiger charge is 2.18. The minimum atomic E-state index is -0.716. The van der Waals surface area contributed by atoms with Gasteiger partial charge in [0.2, 0.25) is 0 Å². The molecule has 0 radical (unpaired) electrons. The van der Waals surface area contributed by atoms with Crippen LogP contribution in [0.5, 0.6) is 0 Å². The maximum absolute atomic E-state index is 13.8. The Labute approximate surface area is 122 Å². The second-order valence-corrected chi connectivity index (χ2v) is 4.67. The van der Waals surface area contributed by atoms with Crippen molar-refractivity contribution < 1.29 is 9.18 Å². The second kappa shape index (κ2) is 5.28. The van der Waals surface area contributed by atoms with Gasteiger partial charge < -0.3 is 5.73 Å². The second-order valence-electron chi connectivity index (χ2n) is 3.50. The van der Waals surface area contributed by atoms with Gasteiger partial charge in [0.05, 0.1) is 26.2 Å². The zero-order chi connectivity index (χ0) is 14.2. The molecule has 1 heterocycles. The van der Waals surface area contributed by atoms with Gasteiger partial charge in [-0.25, -0.2) is 14.4 Å². The van der Waals surface area contributed by atoms with Gasteiger partial charge in [0, 0.05) is 12.4 Å². The van der Waals surface area contributed by atoms with Crippen molar-refractivity contribution in [1.82, 2.24) is 9.97 Å². The molecule has 4 nitrogen and oxygen atoms in total. The van der Waals surface area contributed by atoms with Gasteiger partial charge in [-0.3, -0.25) is 4.79 Å². The number of carbonyl (C=O) groups is 1. The summed E-state index contributed by atoms with van der Waals surface area (Å²) in [6.45, 7) is 0. The molecule has 0 atom stereocenters. The van der Waals surface area contributed by atoms with Crippen molar-refractivity contribution in [3.63, 3.8) is 0 Å². The third kappa shape index (κ3) is 2.63. The zero-order valence-corrected chi connectivity index (χ0v) is 11.4. The number of primary amides is 1. The fourth-order valence-corrected chi connectivity index (χ4v) is 2.02. The predicted octanol–water partition coefficient (Wildman–Crippen LogP) is 3.34. The number of rotatable bonds is 2. The number of nitrogens with zero attached hydrogens (tertiary/aromatic N) is 2. The van der Waals surface area contributed by atoms with Crippen molar-refractivity contribution in [1.29, 1.82) is 0 Å². The van der Waals surface area contributed by atoms with E-state index in [2.05, 4.69) is 9.97 Å². The third-order valence-electron chi connectivity index (χ3n) is 2.27. The molecule has 98 valence electrons. The van der Waals surface area contributed by atoms with Gasteiger partial charge in [-0.15, -0.1) is 0 Å². The van der Waals surface area contributed by atoms with Crippen LogP contribution in [0.15, 0.2) is 18.5 Å². The lowest BCUT2D eigenvalue weighted by Crippen LogP contribution is -2.12. The normalized spacial score (nSPS) is 10.5. The van der Waals surface area contributed by atoms with Crippen LogP contribution in [0.4, 0.5) is 4.39 Å². The van der Waals surface area contributed by atoms with Gasteiger partial charge in [-0.05, 0) is 6.07 Å². The van der Waals surface area contributed by atoms with Crippen LogP contribution in [-0.4, -0.2) is 15.9 Å². The minimum Gasteiger partial charge on any atom is -0.366 e. The molecule has 0 saturated carbocycles. The molecule has 2 aromatic rings. The smallest absolute Gasteiger partial charge is 0.251 e. The molecule has 1 aromatic carbocycles. The number of benzene rings is 1. The first-order valence-electron chi connectivity index (χ1n) is 4.87. The van der Waals surface area contributed by atoms with Gasteiger partial charge in [-0.1, -0.05) is 34.8 Å². The van der Waals surface area contributed by atoms with Crippen LogP contribution < -0.4 is 5.73 Å². The lowest BCUT2D eigenvalue weighted by atomic mass is 10.2. The van der Waals surface area contributed by atoms with E-state index in [1.54, 1.807) is 0 Å². The Bertz CT molecular complexity index is 661. The van der Waals surface area contributed by atoms with Crippen LogP contribution in [0, 0.1) is 5.82 Å². The molecule has 8 heteroatoms. The van der Waals surface area contributed by atoms with Gasteiger partial charge >= 0.3 is 0 Å². The SMILES string of the molecule is NC(=O)c1cnc(-c2c(F)cc(Cl)c(Cl)c2Cl)nc1. The van der Waals surface area contributed by atoms with E-state index in [4.69, 9.17) is 40.5 Å². The summed E-state index contributed by atoms with van der Waals surface area (Å²) in [4.78, 5) is 18.5. The van der Waals surface area contributed by atoms with Crippen LogP contribution in [0.25, 0.3) is 11.4 Å². The Kier molecular flexibility index (Phi) is 3.89. The summed E-state index contributed by atoms with van der Waals surface area (Å²) in [5.74, 6) is -1.43. The Hall–Kier alpha value is -1.43. The van der Waals surface area contributed by atoms with Crippen LogP contribution in [-0.2, 0) is 0 Å². The Balaban J connectivity index is 2.59. The van der Waals surface area contributed by atoms with Gasteiger partial charge in [-0.2, -0.15) is 0 Å². The number of carbonyl (C=O) groups excluding carboxylic acids is 1. The maximum atomic E-state index is 13.8. The van der Waals surface area contributed by atoms with Crippen molar-refractivity contribution in [3.05, 3.63) is 44.9 Å². The number of halogens is 4. The van der Waals surface area contributed by atoms with E-state index in [1.165, 1.54) is 12.4 Å². The lowest BCUT2D eigenvalue weighted by molar-refractivity contribution is 0.0999. The zero-order valence-electron chi connectivity index (χ0n) is 9.12. The van der Waals surface area contributed by atoms with Gasteiger partial charge in [0.1, 0.15) is 5.82 Å². The summed E-state index contributed by atoms with van der Waals surface area (Å²) < 4.78 is 13.8. The molecule has 1 amide bonds.